The van der Waals surface area contributed by atoms with Crippen LogP contribution >= 0.6 is 0 Å². The molecule has 2 heteroatoms. The molecule has 0 aromatic rings. The highest BCUT2D eigenvalue weighted by atomic mass is 16.3. The average Bonchev–Trinajstić information content (AvgIpc) is 1.64. The zero-order chi connectivity index (χ0) is 6.73. The molecule has 0 radical (unpaired) electrons. The van der Waals surface area contributed by atoms with Crippen LogP contribution in [0.5, 0.6) is 0 Å². The first kappa shape index (κ1) is 7.92. The van der Waals surface area contributed by atoms with E-state index in [2.05, 4.69) is 0 Å². The van der Waals surface area contributed by atoms with Gasteiger partial charge in [-0.05, 0) is 27.8 Å². The third kappa shape index (κ3) is 2.28. The van der Waals surface area contributed by atoms with Crippen LogP contribution < -0.4 is 0 Å². The monoisotopic (exact) mass is 117 g/mol. The molecule has 0 aromatic heterocycles. The molecule has 1 unspecified atom stereocenters. The minimum Gasteiger partial charge on any atom is -0.379 e. The minimum absolute atomic E-state index is 0.324. The largest absolute Gasteiger partial charge is 0.379 e. The molecular formula is C6H15NO. The molecule has 8 heavy (non-hydrogen) atoms. The van der Waals surface area contributed by atoms with E-state index in [0.29, 0.717) is 6.04 Å². The predicted octanol–water partition coefficient (Wildman–Crippen LogP) is 0.665. The van der Waals surface area contributed by atoms with Crippen LogP contribution in [0.1, 0.15) is 20.8 Å². The Hall–Kier alpha value is -0.0800. The first-order valence-electron chi connectivity index (χ1n) is 2.95. The zero-order valence-corrected chi connectivity index (χ0v) is 6.05. The number of hydrogen-bond acceptors (Lipinski definition) is 2. The van der Waals surface area contributed by atoms with Crippen LogP contribution in [0.15, 0.2) is 0 Å². The van der Waals surface area contributed by atoms with E-state index < -0.39 is 0 Å². The quantitative estimate of drug-likeness (QED) is 0.537. The summed E-state index contributed by atoms with van der Waals surface area (Å²) in [6, 6.07) is 0.426. The van der Waals surface area contributed by atoms with Gasteiger partial charge in [-0.3, -0.25) is 4.90 Å². The van der Waals surface area contributed by atoms with Gasteiger partial charge in [-0.15, -0.1) is 0 Å². The first-order chi connectivity index (χ1) is 3.55. The summed E-state index contributed by atoms with van der Waals surface area (Å²) in [5, 5.41) is 8.92. The second-order valence-corrected chi connectivity index (χ2v) is 2.39. The average molecular weight is 117 g/mol. The maximum Gasteiger partial charge on any atom is 0.104 e. The van der Waals surface area contributed by atoms with Crippen LogP contribution in [0.3, 0.4) is 0 Å². The maximum absolute atomic E-state index is 8.92. The molecule has 0 aliphatic heterocycles. The molecule has 0 rings (SSSR count). The van der Waals surface area contributed by atoms with Crippen molar-refractivity contribution in [2.45, 2.75) is 33.0 Å². The van der Waals surface area contributed by atoms with E-state index in [0.717, 1.165) is 0 Å². The lowest BCUT2D eigenvalue weighted by molar-refractivity contribution is 0.0182. The normalized spacial score (nSPS) is 15.4. The lowest BCUT2D eigenvalue weighted by atomic mass is 10.3. The summed E-state index contributed by atoms with van der Waals surface area (Å²) in [6.45, 7) is 5.86. The van der Waals surface area contributed by atoms with Crippen molar-refractivity contribution in [1.82, 2.24) is 4.90 Å². The lowest BCUT2D eigenvalue weighted by Gasteiger charge is -2.23. The smallest absolute Gasteiger partial charge is 0.104 e. The Morgan fingerprint density at radius 1 is 1.25 bits per heavy atom. The third-order valence-corrected chi connectivity index (χ3v) is 1.40. The van der Waals surface area contributed by atoms with E-state index in [1.807, 2.05) is 25.8 Å². The highest BCUT2D eigenvalue weighted by Gasteiger charge is 2.06. The molecule has 1 N–H and O–H groups in total. The van der Waals surface area contributed by atoms with Crippen molar-refractivity contribution in [3.8, 4) is 0 Å². The van der Waals surface area contributed by atoms with Crippen molar-refractivity contribution >= 4 is 0 Å². The van der Waals surface area contributed by atoms with Crippen LogP contribution in [0.2, 0.25) is 0 Å². The zero-order valence-electron chi connectivity index (χ0n) is 6.05. The van der Waals surface area contributed by atoms with Gasteiger partial charge in [0.2, 0.25) is 0 Å². The van der Waals surface area contributed by atoms with E-state index in [-0.39, 0.29) is 6.23 Å². The van der Waals surface area contributed by atoms with Crippen LogP contribution in [-0.4, -0.2) is 29.3 Å². The number of aliphatic hydroxyl groups is 1. The highest BCUT2D eigenvalue weighted by molar-refractivity contribution is 4.55. The van der Waals surface area contributed by atoms with E-state index in [1.165, 1.54) is 0 Å². The Kier molecular flexibility index (Phi) is 3.02. The molecule has 1 atom stereocenters. The second kappa shape index (κ2) is 3.05. The fourth-order valence-electron chi connectivity index (χ4n) is 0.431. The van der Waals surface area contributed by atoms with E-state index in [9.17, 15) is 0 Å². The second-order valence-electron chi connectivity index (χ2n) is 2.39. The predicted molar refractivity (Wildman–Crippen MR) is 34.6 cm³/mol. The molecule has 0 fully saturated rings. The first-order valence-corrected chi connectivity index (χ1v) is 2.95. The van der Waals surface area contributed by atoms with Crippen molar-refractivity contribution in [3.63, 3.8) is 0 Å². The molecule has 50 valence electrons. The van der Waals surface area contributed by atoms with E-state index >= 15 is 0 Å². The molecule has 0 bridgehead atoms. The van der Waals surface area contributed by atoms with Gasteiger partial charge in [0.05, 0.1) is 0 Å². The molecule has 0 spiro atoms. The summed E-state index contributed by atoms with van der Waals surface area (Å²) in [4.78, 5) is 1.89. The van der Waals surface area contributed by atoms with Crippen molar-refractivity contribution in [3.05, 3.63) is 0 Å². The van der Waals surface area contributed by atoms with Gasteiger partial charge < -0.3 is 5.11 Å². The van der Waals surface area contributed by atoms with Gasteiger partial charge in [-0.25, -0.2) is 0 Å². The molecule has 0 saturated carbocycles. The summed E-state index contributed by atoms with van der Waals surface area (Å²) in [7, 11) is 1.90. The van der Waals surface area contributed by atoms with Crippen molar-refractivity contribution in [2.75, 3.05) is 7.05 Å². The van der Waals surface area contributed by atoms with Gasteiger partial charge in [0.1, 0.15) is 6.23 Å². The van der Waals surface area contributed by atoms with E-state index in [1.54, 1.807) is 6.92 Å². The van der Waals surface area contributed by atoms with Gasteiger partial charge in [0.15, 0.2) is 0 Å². The van der Waals surface area contributed by atoms with Crippen molar-refractivity contribution < 1.29 is 5.11 Å². The number of hydrogen-bond donors (Lipinski definition) is 1. The fraction of sp³-hybridized carbons (Fsp3) is 1.00. The summed E-state index contributed by atoms with van der Waals surface area (Å²) in [5.41, 5.74) is 0. The molecule has 2 nitrogen and oxygen atoms in total. The topological polar surface area (TPSA) is 23.5 Å². The molecule has 0 heterocycles. The highest BCUT2D eigenvalue weighted by Crippen LogP contribution is 1.96. The summed E-state index contributed by atoms with van der Waals surface area (Å²) in [5.74, 6) is 0. The number of nitrogens with zero attached hydrogens (tertiary/aromatic N) is 1. The van der Waals surface area contributed by atoms with Gasteiger partial charge >= 0.3 is 0 Å². The van der Waals surface area contributed by atoms with Crippen LogP contribution in [0.4, 0.5) is 0 Å². The Labute approximate surface area is 51.1 Å². The molecule has 0 aliphatic carbocycles. The Morgan fingerprint density at radius 2 is 1.62 bits per heavy atom. The SMILES string of the molecule is CC(C)N(C)C(C)O. The van der Waals surface area contributed by atoms with Gasteiger partial charge in [0, 0.05) is 6.04 Å². The van der Waals surface area contributed by atoms with Gasteiger partial charge in [-0.2, -0.15) is 0 Å². The van der Waals surface area contributed by atoms with Crippen LogP contribution in [0, 0.1) is 0 Å². The summed E-state index contributed by atoms with van der Waals surface area (Å²) in [6.07, 6.45) is -0.324. The van der Waals surface area contributed by atoms with E-state index in [4.69, 9.17) is 5.11 Å². The van der Waals surface area contributed by atoms with Crippen molar-refractivity contribution in [2.24, 2.45) is 0 Å². The minimum atomic E-state index is -0.324. The molecule has 0 saturated heterocycles. The number of rotatable bonds is 2. The Balaban J connectivity index is 3.46. The van der Waals surface area contributed by atoms with Gasteiger partial charge in [-0.1, -0.05) is 0 Å². The summed E-state index contributed by atoms with van der Waals surface area (Å²) >= 11 is 0. The molecular weight excluding hydrogens is 102 g/mol. The molecule has 0 amide bonds. The maximum atomic E-state index is 8.92. The molecule has 0 aliphatic rings. The fourth-order valence-corrected chi connectivity index (χ4v) is 0.431. The lowest BCUT2D eigenvalue weighted by Crippen LogP contribution is -2.34. The standard InChI is InChI=1S/C6H15NO/c1-5(2)7(4)6(3)8/h5-6,8H,1-4H3. The van der Waals surface area contributed by atoms with Crippen LogP contribution in [-0.2, 0) is 0 Å². The Morgan fingerprint density at radius 3 is 1.62 bits per heavy atom. The third-order valence-electron chi connectivity index (χ3n) is 1.40. The number of aliphatic hydroxyl groups excluding tert-OH is 1. The van der Waals surface area contributed by atoms with Crippen molar-refractivity contribution in [1.29, 1.82) is 0 Å². The molecule has 0 aromatic carbocycles. The van der Waals surface area contributed by atoms with Gasteiger partial charge in [0.25, 0.3) is 0 Å². The summed E-state index contributed by atoms with van der Waals surface area (Å²) < 4.78 is 0. The Bertz CT molecular complexity index is 53.5. The van der Waals surface area contributed by atoms with Crippen LogP contribution in [0.25, 0.3) is 0 Å².